The van der Waals surface area contributed by atoms with Gasteiger partial charge in [0.25, 0.3) is 0 Å². The monoisotopic (exact) mass is 530 g/mol. The van der Waals surface area contributed by atoms with Crippen molar-refractivity contribution in [2.75, 3.05) is 26.7 Å². The van der Waals surface area contributed by atoms with E-state index in [-0.39, 0.29) is 30.2 Å². The van der Waals surface area contributed by atoms with Gasteiger partial charge in [-0.15, -0.1) is 11.3 Å². The van der Waals surface area contributed by atoms with E-state index in [1.807, 2.05) is 13.8 Å². The van der Waals surface area contributed by atoms with Crippen molar-refractivity contribution in [2.45, 2.75) is 78.2 Å². The maximum atomic E-state index is 12.0. The van der Waals surface area contributed by atoms with E-state index in [2.05, 4.69) is 28.8 Å². The van der Waals surface area contributed by atoms with Crippen LogP contribution < -0.4 is 10.6 Å². The third-order valence-corrected chi connectivity index (χ3v) is 7.01. The van der Waals surface area contributed by atoms with Crippen LogP contribution in [-0.2, 0) is 9.59 Å². The number of likely N-dealkylation sites (tertiary alicyclic amines) is 1. The molecule has 8 heteroatoms. The Labute approximate surface area is 227 Å². The summed E-state index contributed by atoms with van der Waals surface area (Å²) in [5.74, 6) is 0.102. The minimum absolute atomic E-state index is 0.0177. The zero-order chi connectivity index (χ0) is 27.6. The number of thiazole rings is 1. The molecule has 1 saturated heterocycles. The number of ketones is 1. The lowest BCUT2D eigenvalue weighted by Gasteiger charge is -2.16. The van der Waals surface area contributed by atoms with Crippen molar-refractivity contribution < 1.29 is 14.4 Å². The van der Waals surface area contributed by atoms with Gasteiger partial charge in [-0.2, -0.15) is 0 Å². The number of amides is 2. The van der Waals surface area contributed by atoms with E-state index in [9.17, 15) is 14.4 Å². The summed E-state index contributed by atoms with van der Waals surface area (Å²) in [6.07, 6.45) is 14.5. The van der Waals surface area contributed by atoms with Crippen LogP contribution in [0.25, 0.3) is 0 Å². The lowest BCUT2D eigenvalue weighted by Crippen LogP contribution is -2.45. The van der Waals surface area contributed by atoms with Crippen LogP contribution in [0.5, 0.6) is 0 Å². The van der Waals surface area contributed by atoms with Gasteiger partial charge in [0, 0.05) is 24.0 Å². The zero-order valence-corrected chi connectivity index (χ0v) is 24.0. The average Bonchev–Trinajstić information content (AvgIpc) is 3.66. The van der Waals surface area contributed by atoms with Crippen LogP contribution >= 0.6 is 11.3 Å². The summed E-state index contributed by atoms with van der Waals surface area (Å²) >= 11 is 1.41. The summed E-state index contributed by atoms with van der Waals surface area (Å²) in [7, 11) is 1.71. The molecule has 2 amide bonds. The van der Waals surface area contributed by atoms with Gasteiger partial charge in [-0.1, -0.05) is 77.2 Å². The second kappa shape index (κ2) is 18.6. The topological polar surface area (TPSA) is 91.4 Å². The van der Waals surface area contributed by atoms with Gasteiger partial charge >= 0.3 is 0 Å². The molecule has 1 unspecified atom stereocenters. The lowest BCUT2D eigenvalue weighted by molar-refractivity contribution is -0.132. The zero-order valence-electron chi connectivity index (χ0n) is 23.2. The van der Waals surface area contributed by atoms with Crippen molar-refractivity contribution in [3.63, 3.8) is 0 Å². The van der Waals surface area contributed by atoms with Crippen LogP contribution in [0.2, 0.25) is 0 Å². The van der Waals surface area contributed by atoms with Gasteiger partial charge in [-0.25, -0.2) is 4.98 Å². The first-order valence-electron chi connectivity index (χ1n) is 13.4. The summed E-state index contributed by atoms with van der Waals surface area (Å²) in [6, 6.07) is -0.253. The summed E-state index contributed by atoms with van der Waals surface area (Å²) in [5, 5.41) is 7.17. The molecule has 37 heavy (non-hydrogen) atoms. The van der Waals surface area contributed by atoms with E-state index in [1.165, 1.54) is 49.9 Å². The Morgan fingerprint density at radius 2 is 1.62 bits per heavy atom. The second-order valence-electron chi connectivity index (χ2n) is 9.67. The normalized spacial score (nSPS) is 16.0. The van der Waals surface area contributed by atoms with Crippen LogP contribution in [0.15, 0.2) is 47.3 Å². The highest BCUT2D eigenvalue weighted by Crippen LogP contribution is 2.16. The fraction of sp³-hybridized carbons (Fsp3) is 0.586. The third kappa shape index (κ3) is 13.0. The number of allylic oxidation sites excluding steroid dienone is 4. The molecule has 1 atom stereocenters. The molecule has 1 aromatic rings. The molecule has 206 valence electrons. The fourth-order valence-electron chi connectivity index (χ4n) is 3.64. The Morgan fingerprint density at radius 3 is 2.05 bits per heavy atom. The summed E-state index contributed by atoms with van der Waals surface area (Å²) in [6.45, 7) is 15.2. The molecule has 0 aromatic carbocycles. The van der Waals surface area contributed by atoms with Gasteiger partial charge in [-0.3, -0.25) is 14.4 Å². The standard InChI is InChI=1S/C13H15NOS.C10H19N3O2.C6H12/c1-5-11(6-10(4)9(2)3)13(15)12-7-16-8-14-12;1-8(11-2)10(15)12-7-9(14)13-5-3-4-6-13;1-2-4-6-5-3-1/h5-9H,1,4H2,2-3H3;8,11H,3-7H2,1-2H3,(H,12,15);1-6H2/b11-6+;;. The molecule has 7 nitrogen and oxygen atoms in total. The number of hydrogen-bond acceptors (Lipinski definition) is 6. The summed E-state index contributed by atoms with van der Waals surface area (Å²) in [5.41, 5.74) is 3.57. The highest BCUT2D eigenvalue weighted by atomic mass is 32.1. The van der Waals surface area contributed by atoms with E-state index in [0.717, 1.165) is 31.5 Å². The minimum Gasteiger partial charge on any atom is -0.346 e. The average molecular weight is 531 g/mol. The van der Waals surface area contributed by atoms with Crippen molar-refractivity contribution in [1.82, 2.24) is 20.5 Å². The predicted octanol–water partition coefficient (Wildman–Crippen LogP) is 5.32. The van der Waals surface area contributed by atoms with Crippen molar-refractivity contribution >= 4 is 28.9 Å². The number of nitrogens with zero attached hydrogens (tertiary/aromatic N) is 2. The van der Waals surface area contributed by atoms with E-state index < -0.39 is 0 Å². The molecule has 0 radical (unpaired) electrons. The summed E-state index contributed by atoms with van der Waals surface area (Å²) in [4.78, 5) is 40.6. The first kappa shape index (κ1) is 32.4. The van der Waals surface area contributed by atoms with Crippen LogP contribution in [0, 0.1) is 5.92 Å². The van der Waals surface area contributed by atoms with Crippen LogP contribution in [0.4, 0.5) is 0 Å². The highest BCUT2D eigenvalue weighted by Gasteiger charge is 2.19. The number of Topliss-reactive ketones (excluding diaryl/α,β-unsaturated/α-hetero) is 1. The SMILES string of the molecule is C1CCCCC1.C=C/C(=C\C(=C)C(C)C)C(=O)c1cscn1.CNC(C)C(=O)NCC(=O)N1CCCC1. The quantitative estimate of drug-likeness (QED) is 0.256. The smallest absolute Gasteiger partial charge is 0.241 e. The molecule has 1 saturated carbocycles. The Bertz CT molecular complexity index is 871. The summed E-state index contributed by atoms with van der Waals surface area (Å²) < 4.78 is 0. The lowest BCUT2D eigenvalue weighted by atomic mass is 10.00. The van der Waals surface area contributed by atoms with Gasteiger partial charge in [0.15, 0.2) is 0 Å². The van der Waals surface area contributed by atoms with Gasteiger partial charge in [0.2, 0.25) is 17.6 Å². The molecule has 0 bridgehead atoms. The Hall–Kier alpha value is -2.58. The van der Waals surface area contributed by atoms with Crippen LogP contribution in [0.3, 0.4) is 0 Å². The molecule has 1 aromatic heterocycles. The molecule has 0 spiro atoms. The molecule has 2 heterocycles. The van der Waals surface area contributed by atoms with Crippen molar-refractivity contribution in [3.8, 4) is 0 Å². The second-order valence-corrected chi connectivity index (χ2v) is 10.4. The third-order valence-electron chi connectivity index (χ3n) is 6.43. The first-order chi connectivity index (χ1) is 17.7. The maximum Gasteiger partial charge on any atom is 0.241 e. The van der Waals surface area contributed by atoms with E-state index in [0.29, 0.717) is 17.2 Å². The van der Waals surface area contributed by atoms with Crippen LogP contribution in [-0.4, -0.2) is 60.2 Å². The number of carbonyl (C=O) groups is 3. The van der Waals surface area contributed by atoms with Gasteiger partial charge in [0.05, 0.1) is 18.1 Å². The molecule has 1 aliphatic carbocycles. The predicted molar refractivity (Wildman–Crippen MR) is 154 cm³/mol. The number of nitrogens with one attached hydrogen (secondary N) is 2. The number of hydrogen-bond donors (Lipinski definition) is 2. The van der Waals surface area contributed by atoms with Crippen molar-refractivity contribution in [1.29, 1.82) is 0 Å². The fourth-order valence-corrected chi connectivity index (χ4v) is 4.17. The molecule has 2 aliphatic rings. The van der Waals surface area contributed by atoms with Crippen LogP contribution in [0.1, 0.15) is 82.6 Å². The number of likely N-dealkylation sites (N-methyl/N-ethyl adjacent to an activating group) is 1. The Morgan fingerprint density at radius 1 is 1.05 bits per heavy atom. The number of aromatic nitrogens is 1. The largest absolute Gasteiger partial charge is 0.346 e. The Kier molecular flexibility index (Phi) is 16.3. The maximum absolute atomic E-state index is 12.0. The van der Waals surface area contributed by atoms with Crippen molar-refractivity contribution in [2.24, 2.45) is 5.92 Å². The molecule has 2 N–H and O–H groups in total. The van der Waals surface area contributed by atoms with E-state index in [4.69, 9.17) is 0 Å². The number of rotatable bonds is 9. The molecule has 1 aliphatic heterocycles. The highest BCUT2D eigenvalue weighted by molar-refractivity contribution is 7.07. The first-order valence-corrected chi connectivity index (χ1v) is 14.3. The molecule has 2 fully saturated rings. The minimum atomic E-state index is -0.253. The van der Waals surface area contributed by atoms with E-state index >= 15 is 0 Å². The Balaban J connectivity index is 0.000000303. The van der Waals surface area contributed by atoms with E-state index in [1.54, 1.807) is 41.9 Å². The molecule has 3 rings (SSSR count). The van der Waals surface area contributed by atoms with Gasteiger partial charge in [0.1, 0.15) is 5.69 Å². The van der Waals surface area contributed by atoms with Gasteiger partial charge in [-0.05, 0) is 38.8 Å². The number of carbonyl (C=O) groups excluding carboxylic acids is 3. The van der Waals surface area contributed by atoms with Crippen molar-refractivity contribution in [3.05, 3.63) is 53.0 Å². The van der Waals surface area contributed by atoms with Gasteiger partial charge < -0.3 is 15.5 Å². The molecular weight excluding hydrogens is 484 g/mol. The molecular formula is C29H46N4O3S.